The first kappa shape index (κ1) is 15.9. The average molecular weight is 272 g/mol. The molecule has 0 aromatic heterocycles. The third-order valence-electron chi connectivity index (χ3n) is 3.21. The third-order valence-corrected chi connectivity index (χ3v) is 3.21. The molecule has 0 radical (unpaired) electrons. The maximum Gasteiger partial charge on any atom is 0.321 e. The molecule has 0 spiro atoms. The molecule has 7 heteroatoms. The van der Waals surface area contributed by atoms with E-state index in [1.807, 2.05) is 4.90 Å². The van der Waals surface area contributed by atoms with Gasteiger partial charge in [0.25, 0.3) is 0 Å². The lowest BCUT2D eigenvalue weighted by Crippen LogP contribution is -2.50. The number of carbonyl (C=O) groups is 2. The van der Waals surface area contributed by atoms with E-state index in [9.17, 15) is 9.59 Å². The number of hydrogen-bond donors (Lipinski definition) is 3. The molecule has 0 saturated carbocycles. The molecule has 0 aliphatic carbocycles. The van der Waals surface area contributed by atoms with Crippen LogP contribution in [0.1, 0.15) is 19.3 Å². The van der Waals surface area contributed by atoms with Crippen LogP contribution in [0.3, 0.4) is 0 Å². The zero-order valence-electron chi connectivity index (χ0n) is 11.5. The number of hydrogen-bond acceptors (Lipinski definition) is 5. The topological polar surface area (TPSA) is 96.7 Å². The summed E-state index contributed by atoms with van der Waals surface area (Å²) in [6.07, 6.45) is 3.24. The minimum Gasteiger partial charge on any atom is -0.383 e. The van der Waals surface area contributed by atoms with Gasteiger partial charge in [-0.2, -0.15) is 0 Å². The van der Waals surface area contributed by atoms with Gasteiger partial charge in [-0.25, -0.2) is 4.79 Å². The number of likely N-dealkylation sites (tertiary alicyclic amines) is 1. The van der Waals surface area contributed by atoms with Crippen molar-refractivity contribution in [2.75, 3.05) is 39.9 Å². The van der Waals surface area contributed by atoms with Crippen LogP contribution in [-0.2, 0) is 9.53 Å². The van der Waals surface area contributed by atoms with Crippen molar-refractivity contribution in [2.45, 2.75) is 25.3 Å². The van der Waals surface area contributed by atoms with Crippen molar-refractivity contribution in [1.29, 1.82) is 0 Å². The van der Waals surface area contributed by atoms with Crippen molar-refractivity contribution in [2.24, 2.45) is 5.73 Å². The van der Waals surface area contributed by atoms with Gasteiger partial charge in [-0.05, 0) is 19.4 Å². The van der Waals surface area contributed by atoms with Crippen LogP contribution in [0, 0.1) is 0 Å². The fourth-order valence-corrected chi connectivity index (χ4v) is 2.20. The van der Waals surface area contributed by atoms with Gasteiger partial charge in [0.1, 0.15) is 0 Å². The number of methoxy groups -OCH3 is 1. The Bertz CT molecular complexity index is 299. The standard InChI is InChI=1S/C12H24N4O3/c1-19-7-5-14-12(18)15-11(17)9-16-6-3-2-4-10(16)8-13/h10H,2-9,13H2,1H3,(H2,14,15,17,18). The Morgan fingerprint density at radius 1 is 1.42 bits per heavy atom. The lowest BCUT2D eigenvalue weighted by molar-refractivity contribution is -0.122. The molecule has 7 nitrogen and oxygen atoms in total. The normalized spacial score (nSPS) is 20.0. The lowest BCUT2D eigenvalue weighted by Gasteiger charge is -2.34. The largest absolute Gasteiger partial charge is 0.383 e. The van der Waals surface area contributed by atoms with E-state index in [1.54, 1.807) is 7.11 Å². The Hall–Kier alpha value is -1.18. The molecule has 3 amide bonds. The average Bonchev–Trinajstić information content (AvgIpc) is 2.39. The molecule has 4 N–H and O–H groups in total. The summed E-state index contributed by atoms with van der Waals surface area (Å²) in [6, 6.07) is -0.237. The number of urea groups is 1. The van der Waals surface area contributed by atoms with Crippen molar-refractivity contribution >= 4 is 11.9 Å². The predicted molar refractivity (Wildman–Crippen MR) is 71.7 cm³/mol. The first-order chi connectivity index (χ1) is 9.17. The van der Waals surface area contributed by atoms with Crippen molar-refractivity contribution in [3.05, 3.63) is 0 Å². The maximum atomic E-state index is 11.7. The fourth-order valence-electron chi connectivity index (χ4n) is 2.20. The number of nitrogens with zero attached hydrogens (tertiary/aromatic N) is 1. The van der Waals surface area contributed by atoms with Crippen LogP contribution in [0.4, 0.5) is 4.79 Å². The number of carbonyl (C=O) groups excluding carboxylic acids is 2. The highest BCUT2D eigenvalue weighted by molar-refractivity contribution is 5.95. The molecule has 1 rings (SSSR count). The Balaban J connectivity index is 2.27. The highest BCUT2D eigenvalue weighted by Crippen LogP contribution is 2.15. The van der Waals surface area contributed by atoms with Gasteiger partial charge < -0.3 is 15.8 Å². The van der Waals surface area contributed by atoms with Crippen LogP contribution in [0.5, 0.6) is 0 Å². The molecule has 0 aromatic carbocycles. The second-order valence-electron chi connectivity index (χ2n) is 4.65. The van der Waals surface area contributed by atoms with E-state index < -0.39 is 6.03 Å². The van der Waals surface area contributed by atoms with E-state index in [1.165, 1.54) is 0 Å². The minimum absolute atomic E-state index is 0.222. The van der Waals surface area contributed by atoms with Gasteiger partial charge >= 0.3 is 6.03 Å². The molecular weight excluding hydrogens is 248 g/mol. The number of nitrogens with one attached hydrogen (secondary N) is 2. The summed E-state index contributed by atoms with van der Waals surface area (Å²) in [4.78, 5) is 25.2. The molecule has 1 fully saturated rings. The number of amides is 3. The summed E-state index contributed by atoms with van der Waals surface area (Å²) in [5.41, 5.74) is 5.69. The molecule has 1 saturated heterocycles. The fraction of sp³-hybridized carbons (Fsp3) is 0.833. The van der Waals surface area contributed by atoms with Gasteiger partial charge in [-0.1, -0.05) is 6.42 Å². The molecule has 1 heterocycles. The van der Waals surface area contributed by atoms with Crippen molar-refractivity contribution in [3.8, 4) is 0 Å². The van der Waals surface area contributed by atoms with Crippen LogP contribution in [-0.4, -0.2) is 62.8 Å². The SMILES string of the molecule is COCCNC(=O)NC(=O)CN1CCCCC1CN. The van der Waals surface area contributed by atoms with Crippen molar-refractivity contribution in [1.82, 2.24) is 15.5 Å². The van der Waals surface area contributed by atoms with Gasteiger partial charge in [0.15, 0.2) is 0 Å². The van der Waals surface area contributed by atoms with E-state index in [-0.39, 0.29) is 18.5 Å². The maximum absolute atomic E-state index is 11.7. The summed E-state index contributed by atoms with van der Waals surface area (Å²) >= 11 is 0. The monoisotopic (exact) mass is 272 g/mol. The predicted octanol–water partition coefficient (Wildman–Crippen LogP) is -0.728. The number of piperidine rings is 1. The second-order valence-corrected chi connectivity index (χ2v) is 4.65. The smallest absolute Gasteiger partial charge is 0.321 e. The van der Waals surface area contributed by atoms with Gasteiger partial charge in [-0.3, -0.25) is 15.0 Å². The highest BCUT2D eigenvalue weighted by atomic mass is 16.5. The van der Waals surface area contributed by atoms with E-state index >= 15 is 0 Å². The second kappa shape index (κ2) is 8.84. The summed E-state index contributed by atoms with van der Waals surface area (Å²) in [7, 11) is 1.55. The minimum atomic E-state index is -0.483. The molecule has 1 unspecified atom stereocenters. The van der Waals surface area contributed by atoms with E-state index in [4.69, 9.17) is 10.5 Å². The van der Waals surface area contributed by atoms with Gasteiger partial charge in [0.2, 0.25) is 5.91 Å². The van der Waals surface area contributed by atoms with Crippen molar-refractivity contribution < 1.29 is 14.3 Å². The lowest BCUT2D eigenvalue weighted by atomic mass is 10.0. The van der Waals surface area contributed by atoms with E-state index in [0.717, 1.165) is 25.8 Å². The molecule has 1 aliphatic heterocycles. The summed E-state index contributed by atoms with van der Waals surface area (Å²) in [5.74, 6) is -0.296. The number of rotatable bonds is 6. The van der Waals surface area contributed by atoms with Crippen LogP contribution in [0.15, 0.2) is 0 Å². The Morgan fingerprint density at radius 3 is 2.89 bits per heavy atom. The van der Waals surface area contributed by atoms with Gasteiger partial charge in [0.05, 0.1) is 13.2 Å². The van der Waals surface area contributed by atoms with Crippen molar-refractivity contribution in [3.63, 3.8) is 0 Å². The summed E-state index contributed by atoms with van der Waals surface area (Å²) in [5, 5.41) is 4.84. The van der Waals surface area contributed by atoms with E-state index in [0.29, 0.717) is 19.7 Å². The molecule has 0 aromatic rings. The molecular formula is C12H24N4O3. The molecule has 0 bridgehead atoms. The zero-order valence-corrected chi connectivity index (χ0v) is 11.5. The molecule has 1 atom stereocenters. The quantitative estimate of drug-likeness (QED) is 0.554. The number of nitrogens with two attached hydrogens (primary N) is 1. The zero-order chi connectivity index (χ0) is 14.1. The molecule has 19 heavy (non-hydrogen) atoms. The number of imide groups is 1. The van der Waals surface area contributed by atoms with Crippen LogP contribution < -0.4 is 16.4 Å². The Morgan fingerprint density at radius 2 is 2.21 bits per heavy atom. The van der Waals surface area contributed by atoms with Gasteiger partial charge in [-0.15, -0.1) is 0 Å². The summed E-state index contributed by atoms with van der Waals surface area (Å²) < 4.78 is 4.80. The number of ether oxygens (including phenoxy) is 1. The molecule has 1 aliphatic rings. The van der Waals surface area contributed by atoms with E-state index in [2.05, 4.69) is 10.6 Å². The first-order valence-electron chi connectivity index (χ1n) is 6.68. The molecule has 110 valence electrons. The Kier molecular flexibility index (Phi) is 7.39. The van der Waals surface area contributed by atoms with Crippen LogP contribution >= 0.6 is 0 Å². The summed E-state index contributed by atoms with van der Waals surface area (Å²) in [6.45, 7) is 2.43. The van der Waals surface area contributed by atoms with Crippen LogP contribution in [0.25, 0.3) is 0 Å². The Labute approximate surface area is 113 Å². The third kappa shape index (κ3) is 6.00. The van der Waals surface area contributed by atoms with Gasteiger partial charge in [0, 0.05) is 26.2 Å². The highest BCUT2D eigenvalue weighted by Gasteiger charge is 2.23. The van der Waals surface area contributed by atoms with Crippen LogP contribution in [0.2, 0.25) is 0 Å². The first-order valence-corrected chi connectivity index (χ1v) is 6.68.